The smallest absolute Gasteiger partial charge is 0.0292 e. The van der Waals surface area contributed by atoms with Gasteiger partial charge in [0, 0.05) is 0 Å². The summed E-state index contributed by atoms with van der Waals surface area (Å²) in [6.45, 7) is 12.0. The van der Waals surface area contributed by atoms with Crippen molar-refractivity contribution in [2.75, 3.05) is 0 Å². The molecular weight excluding hydrogens is 156 g/mol. The van der Waals surface area contributed by atoms with Crippen molar-refractivity contribution in [2.45, 2.75) is 60.3 Å². The monoisotopic (exact) mass is 182 g/mol. The maximum absolute atomic E-state index is 2.45. The molecule has 1 aliphatic carbocycles. The van der Waals surface area contributed by atoms with Crippen molar-refractivity contribution in [3.05, 3.63) is 0 Å². The first-order valence-corrected chi connectivity index (χ1v) is 6.01. The molecule has 78 valence electrons. The van der Waals surface area contributed by atoms with E-state index in [2.05, 4.69) is 34.6 Å². The summed E-state index contributed by atoms with van der Waals surface area (Å²) in [5.74, 6) is 2.92. The predicted octanol–water partition coefficient (Wildman–Crippen LogP) is 4.49. The highest BCUT2D eigenvalue weighted by atomic mass is 14.6. The lowest BCUT2D eigenvalue weighted by Gasteiger charge is -2.12. The highest BCUT2D eigenvalue weighted by molar-refractivity contribution is 5.04. The number of unbranched alkanes of at least 4 members (excludes halogenated alkanes) is 2. The van der Waals surface area contributed by atoms with E-state index in [9.17, 15) is 0 Å². The van der Waals surface area contributed by atoms with Crippen LogP contribution in [0.2, 0.25) is 0 Å². The van der Waals surface area contributed by atoms with E-state index in [1.54, 1.807) is 0 Å². The molecule has 0 aromatic carbocycles. The Morgan fingerprint density at radius 2 is 1.77 bits per heavy atom. The van der Waals surface area contributed by atoms with Crippen LogP contribution >= 0.6 is 0 Å². The van der Waals surface area contributed by atoms with Gasteiger partial charge in [-0.3, -0.25) is 0 Å². The molecule has 3 unspecified atom stereocenters. The maximum Gasteiger partial charge on any atom is -0.0292 e. The molecule has 0 bridgehead atoms. The van der Waals surface area contributed by atoms with E-state index < -0.39 is 0 Å². The summed E-state index contributed by atoms with van der Waals surface area (Å²) in [7, 11) is 0. The molecule has 3 atom stereocenters. The summed E-state index contributed by atoms with van der Waals surface area (Å²) in [5.41, 5.74) is 0.644. The summed E-state index contributed by atoms with van der Waals surface area (Å²) in [6, 6.07) is 0. The zero-order valence-corrected chi connectivity index (χ0v) is 10.1. The van der Waals surface area contributed by atoms with E-state index in [0.717, 1.165) is 17.8 Å². The topological polar surface area (TPSA) is 0 Å². The maximum atomic E-state index is 2.45. The Bertz CT molecular complexity index is 157. The van der Waals surface area contributed by atoms with E-state index in [0.29, 0.717) is 5.41 Å². The van der Waals surface area contributed by atoms with Gasteiger partial charge < -0.3 is 0 Å². The molecule has 0 radical (unpaired) electrons. The van der Waals surface area contributed by atoms with E-state index >= 15 is 0 Å². The van der Waals surface area contributed by atoms with Crippen molar-refractivity contribution in [1.29, 1.82) is 0 Å². The molecule has 1 rings (SSSR count). The molecule has 0 saturated heterocycles. The minimum atomic E-state index is 0.644. The second kappa shape index (κ2) is 4.02. The van der Waals surface area contributed by atoms with Crippen molar-refractivity contribution < 1.29 is 0 Å². The SMILES string of the molecule is CCCCCC(C)C1C(C)C1(C)C. The molecular formula is C13H26. The Labute approximate surface area is 84.1 Å². The molecule has 0 aromatic heterocycles. The third kappa shape index (κ3) is 2.27. The molecule has 1 fully saturated rings. The standard InChI is InChI=1S/C13H26/c1-6-7-8-9-10(2)12-11(3)13(12,4)5/h10-12H,6-9H2,1-5H3. The highest BCUT2D eigenvalue weighted by Gasteiger charge is 2.56. The Kier molecular flexibility index (Phi) is 3.43. The quantitative estimate of drug-likeness (QED) is 0.549. The minimum Gasteiger partial charge on any atom is -0.0654 e. The average Bonchev–Trinajstić information content (AvgIpc) is 2.52. The van der Waals surface area contributed by atoms with Gasteiger partial charge in [-0.25, -0.2) is 0 Å². The number of rotatable bonds is 5. The molecule has 13 heavy (non-hydrogen) atoms. The third-order valence-electron chi connectivity index (χ3n) is 4.34. The molecule has 0 aromatic rings. The van der Waals surface area contributed by atoms with Crippen molar-refractivity contribution >= 4 is 0 Å². The fourth-order valence-corrected chi connectivity index (χ4v) is 3.06. The van der Waals surface area contributed by atoms with Gasteiger partial charge in [-0.05, 0) is 23.2 Å². The Morgan fingerprint density at radius 1 is 1.23 bits per heavy atom. The summed E-state index contributed by atoms with van der Waals surface area (Å²) in [4.78, 5) is 0. The second-order valence-corrected chi connectivity index (χ2v) is 5.61. The largest absolute Gasteiger partial charge is 0.0654 e. The zero-order valence-electron chi connectivity index (χ0n) is 10.1. The number of hydrogen-bond donors (Lipinski definition) is 0. The number of hydrogen-bond acceptors (Lipinski definition) is 0. The van der Waals surface area contributed by atoms with E-state index in [4.69, 9.17) is 0 Å². The minimum absolute atomic E-state index is 0.644. The van der Waals surface area contributed by atoms with E-state index in [1.165, 1.54) is 25.7 Å². The Balaban J connectivity index is 2.22. The lowest BCUT2D eigenvalue weighted by atomic mass is 9.94. The highest BCUT2D eigenvalue weighted by Crippen LogP contribution is 2.62. The molecule has 0 amide bonds. The van der Waals surface area contributed by atoms with Gasteiger partial charge in [0.1, 0.15) is 0 Å². The average molecular weight is 182 g/mol. The summed E-state index contributed by atoms with van der Waals surface area (Å²) in [5, 5.41) is 0. The van der Waals surface area contributed by atoms with Gasteiger partial charge in [0.15, 0.2) is 0 Å². The van der Waals surface area contributed by atoms with Gasteiger partial charge >= 0.3 is 0 Å². The van der Waals surface area contributed by atoms with E-state index in [1.807, 2.05) is 0 Å². The van der Waals surface area contributed by atoms with Crippen LogP contribution in [0.3, 0.4) is 0 Å². The first kappa shape index (κ1) is 11.1. The fourth-order valence-electron chi connectivity index (χ4n) is 3.06. The normalized spacial score (nSPS) is 33.0. The van der Waals surface area contributed by atoms with Crippen LogP contribution in [0, 0.1) is 23.2 Å². The van der Waals surface area contributed by atoms with Crippen molar-refractivity contribution in [2.24, 2.45) is 23.2 Å². The van der Waals surface area contributed by atoms with Crippen LogP contribution in [-0.2, 0) is 0 Å². The van der Waals surface area contributed by atoms with Gasteiger partial charge in [0.2, 0.25) is 0 Å². The molecule has 0 heteroatoms. The van der Waals surface area contributed by atoms with Gasteiger partial charge in [0.25, 0.3) is 0 Å². The lowest BCUT2D eigenvalue weighted by Crippen LogP contribution is -2.02. The van der Waals surface area contributed by atoms with Crippen molar-refractivity contribution in [3.63, 3.8) is 0 Å². The van der Waals surface area contributed by atoms with Crippen molar-refractivity contribution in [1.82, 2.24) is 0 Å². The second-order valence-electron chi connectivity index (χ2n) is 5.61. The zero-order chi connectivity index (χ0) is 10.1. The van der Waals surface area contributed by atoms with Gasteiger partial charge in [-0.15, -0.1) is 0 Å². The first-order valence-electron chi connectivity index (χ1n) is 6.01. The third-order valence-corrected chi connectivity index (χ3v) is 4.34. The Hall–Kier alpha value is 0. The molecule has 0 nitrogen and oxygen atoms in total. The Morgan fingerprint density at radius 3 is 2.15 bits per heavy atom. The van der Waals surface area contributed by atoms with Crippen LogP contribution in [-0.4, -0.2) is 0 Å². The lowest BCUT2D eigenvalue weighted by molar-refractivity contribution is 0.384. The molecule has 0 spiro atoms. The van der Waals surface area contributed by atoms with Crippen LogP contribution < -0.4 is 0 Å². The summed E-state index contributed by atoms with van der Waals surface area (Å²) in [6.07, 6.45) is 5.67. The predicted molar refractivity (Wildman–Crippen MR) is 59.7 cm³/mol. The van der Waals surface area contributed by atoms with E-state index in [-0.39, 0.29) is 0 Å². The molecule has 1 aliphatic rings. The van der Waals surface area contributed by atoms with Gasteiger partial charge in [0.05, 0.1) is 0 Å². The van der Waals surface area contributed by atoms with Crippen LogP contribution in [0.1, 0.15) is 60.3 Å². The van der Waals surface area contributed by atoms with Gasteiger partial charge in [-0.1, -0.05) is 60.3 Å². The summed E-state index contributed by atoms with van der Waals surface area (Å²) >= 11 is 0. The molecule has 0 heterocycles. The molecule has 0 aliphatic heterocycles. The fraction of sp³-hybridized carbons (Fsp3) is 1.00. The molecule has 0 N–H and O–H groups in total. The molecule has 1 saturated carbocycles. The van der Waals surface area contributed by atoms with Gasteiger partial charge in [-0.2, -0.15) is 0 Å². The van der Waals surface area contributed by atoms with Crippen LogP contribution in [0.25, 0.3) is 0 Å². The van der Waals surface area contributed by atoms with Crippen LogP contribution in [0.4, 0.5) is 0 Å². The first-order chi connectivity index (χ1) is 6.01. The van der Waals surface area contributed by atoms with Crippen LogP contribution in [0.5, 0.6) is 0 Å². The van der Waals surface area contributed by atoms with Crippen molar-refractivity contribution in [3.8, 4) is 0 Å². The van der Waals surface area contributed by atoms with Crippen LogP contribution in [0.15, 0.2) is 0 Å². The summed E-state index contributed by atoms with van der Waals surface area (Å²) < 4.78 is 0.